The number of fused-ring (bicyclic) bond motifs is 1. The molecule has 2 aromatic rings. The molecule has 29 heavy (non-hydrogen) atoms. The quantitative estimate of drug-likeness (QED) is 0.788. The second-order valence-electron chi connectivity index (χ2n) is 7.81. The molecule has 1 fully saturated rings. The van der Waals surface area contributed by atoms with Gasteiger partial charge in [0.15, 0.2) is 5.82 Å². The van der Waals surface area contributed by atoms with Gasteiger partial charge in [-0.2, -0.15) is 0 Å². The van der Waals surface area contributed by atoms with Crippen LogP contribution in [0.1, 0.15) is 62.1 Å². The number of amides is 2. The fourth-order valence-corrected chi connectivity index (χ4v) is 4.33. The number of carbonyl (C=O) groups is 2. The van der Waals surface area contributed by atoms with E-state index in [-0.39, 0.29) is 17.9 Å². The number of piperidine rings is 1. The predicted molar refractivity (Wildman–Crippen MR) is 107 cm³/mol. The van der Waals surface area contributed by atoms with E-state index in [2.05, 4.69) is 9.97 Å². The third kappa shape index (κ3) is 4.02. The van der Waals surface area contributed by atoms with Crippen LogP contribution in [0.4, 0.5) is 0 Å². The van der Waals surface area contributed by atoms with Crippen molar-refractivity contribution in [1.82, 2.24) is 29.3 Å². The van der Waals surface area contributed by atoms with Gasteiger partial charge < -0.3 is 14.4 Å². The standard InChI is InChI=1S/C21H28N6O2/c1-3-19-22-8-11-25(19)14-20(29)26-10-7-17-16(13-26)12-23-21(24-17)18-6-4-5-9-27(18)15(2)28/h8,11-12,18H,3-7,9-10,13-14H2,1-2H3. The van der Waals surface area contributed by atoms with E-state index in [4.69, 9.17) is 4.98 Å². The first kappa shape index (κ1) is 19.5. The van der Waals surface area contributed by atoms with E-state index < -0.39 is 0 Å². The number of nitrogens with zero attached hydrogens (tertiary/aromatic N) is 6. The summed E-state index contributed by atoms with van der Waals surface area (Å²) in [6.45, 7) is 5.93. The summed E-state index contributed by atoms with van der Waals surface area (Å²) >= 11 is 0. The molecule has 1 atom stereocenters. The van der Waals surface area contributed by atoms with Crippen LogP contribution in [-0.4, -0.2) is 54.2 Å². The highest BCUT2D eigenvalue weighted by Gasteiger charge is 2.30. The van der Waals surface area contributed by atoms with Gasteiger partial charge >= 0.3 is 0 Å². The molecule has 0 aromatic carbocycles. The highest BCUT2D eigenvalue weighted by molar-refractivity contribution is 5.76. The van der Waals surface area contributed by atoms with Gasteiger partial charge in [-0.3, -0.25) is 9.59 Å². The summed E-state index contributed by atoms with van der Waals surface area (Å²) < 4.78 is 1.91. The van der Waals surface area contributed by atoms with Crippen LogP contribution in [0.5, 0.6) is 0 Å². The molecule has 2 aromatic heterocycles. The highest BCUT2D eigenvalue weighted by atomic mass is 16.2. The van der Waals surface area contributed by atoms with Gasteiger partial charge in [0.1, 0.15) is 12.4 Å². The molecule has 1 unspecified atom stereocenters. The summed E-state index contributed by atoms with van der Waals surface area (Å²) in [6.07, 6.45) is 10.00. The molecule has 2 aliphatic rings. The van der Waals surface area contributed by atoms with E-state index in [9.17, 15) is 9.59 Å². The smallest absolute Gasteiger partial charge is 0.242 e. The largest absolute Gasteiger partial charge is 0.336 e. The maximum absolute atomic E-state index is 12.8. The van der Waals surface area contributed by atoms with Crippen molar-refractivity contribution in [3.8, 4) is 0 Å². The van der Waals surface area contributed by atoms with Crippen molar-refractivity contribution in [3.05, 3.63) is 41.5 Å². The van der Waals surface area contributed by atoms with E-state index in [1.54, 1.807) is 13.1 Å². The molecule has 8 nitrogen and oxygen atoms in total. The number of likely N-dealkylation sites (tertiary alicyclic amines) is 1. The monoisotopic (exact) mass is 396 g/mol. The van der Waals surface area contributed by atoms with Crippen LogP contribution in [0.2, 0.25) is 0 Å². The third-order valence-electron chi connectivity index (χ3n) is 5.93. The van der Waals surface area contributed by atoms with Crippen molar-refractivity contribution < 1.29 is 9.59 Å². The van der Waals surface area contributed by atoms with Gasteiger partial charge in [-0.15, -0.1) is 0 Å². The molecular weight excluding hydrogens is 368 g/mol. The Labute approximate surface area is 171 Å². The molecule has 0 saturated carbocycles. The summed E-state index contributed by atoms with van der Waals surface area (Å²) in [5.74, 6) is 1.83. The van der Waals surface area contributed by atoms with Crippen molar-refractivity contribution >= 4 is 11.8 Å². The van der Waals surface area contributed by atoms with Crippen LogP contribution in [0.15, 0.2) is 18.6 Å². The van der Waals surface area contributed by atoms with Gasteiger partial charge in [0, 0.05) is 63.6 Å². The Morgan fingerprint density at radius 1 is 1.21 bits per heavy atom. The van der Waals surface area contributed by atoms with Crippen LogP contribution in [0.3, 0.4) is 0 Å². The molecule has 4 heterocycles. The molecule has 0 aliphatic carbocycles. The Bertz CT molecular complexity index is 908. The maximum atomic E-state index is 12.8. The number of imidazole rings is 1. The molecule has 0 bridgehead atoms. The number of hydrogen-bond donors (Lipinski definition) is 0. The second kappa shape index (κ2) is 8.31. The lowest BCUT2D eigenvalue weighted by atomic mass is 10.0. The minimum absolute atomic E-state index is 0.0279. The first-order chi connectivity index (χ1) is 14.1. The van der Waals surface area contributed by atoms with Crippen LogP contribution < -0.4 is 0 Å². The Balaban J connectivity index is 1.46. The minimum Gasteiger partial charge on any atom is -0.336 e. The van der Waals surface area contributed by atoms with Crippen molar-refractivity contribution in [2.45, 2.75) is 65.1 Å². The predicted octanol–water partition coefficient (Wildman–Crippen LogP) is 1.89. The molecule has 154 valence electrons. The maximum Gasteiger partial charge on any atom is 0.242 e. The zero-order chi connectivity index (χ0) is 20.4. The number of aromatic nitrogens is 4. The fraction of sp³-hybridized carbons (Fsp3) is 0.571. The summed E-state index contributed by atoms with van der Waals surface area (Å²) in [7, 11) is 0. The second-order valence-corrected chi connectivity index (χ2v) is 7.81. The van der Waals surface area contributed by atoms with Crippen LogP contribution in [0.25, 0.3) is 0 Å². The molecule has 4 rings (SSSR count). The number of carbonyl (C=O) groups excluding carboxylic acids is 2. The minimum atomic E-state index is -0.0279. The van der Waals surface area contributed by atoms with E-state index in [1.165, 1.54) is 0 Å². The molecule has 0 spiro atoms. The van der Waals surface area contributed by atoms with Gasteiger partial charge in [0.05, 0.1) is 11.7 Å². The van der Waals surface area contributed by atoms with Crippen molar-refractivity contribution in [2.75, 3.05) is 13.1 Å². The van der Waals surface area contributed by atoms with Crippen molar-refractivity contribution in [1.29, 1.82) is 0 Å². The van der Waals surface area contributed by atoms with Gasteiger partial charge in [-0.25, -0.2) is 15.0 Å². The number of aryl methyl sites for hydroxylation is 1. The lowest BCUT2D eigenvalue weighted by Gasteiger charge is -2.35. The van der Waals surface area contributed by atoms with Crippen molar-refractivity contribution in [2.24, 2.45) is 0 Å². The number of hydrogen-bond acceptors (Lipinski definition) is 5. The lowest BCUT2D eigenvalue weighted by molar-refractivity contribution is -0.133. The van der Waals surface area contributed by atoms with E-state index >= 15 is 0 Å². The average Bonchev–Trinajstić information content (AvgIpc) is 3.20. The summed E-state index contributed by atoms with van der Waals surface area (Å²) in [5, 5.41) is 0. The molecule has 0 N–H and O–H groups in total. The Kier molecular flexibility index (Phi) is 5.60. The zero-order valence-corrected chi connectivity index (χ0v) is 17.2. The first-order valence-electron chi connectivity index (χ1n) is 10.5. The van der Waals surface area contributed by atoms with Crippen molar-refractivity contribution in [3.63, 3.8) is 0 Å². The Morgan fingerprint density at radius 2 is 2.07 bits per heavy atom. The lowest BCUT2D eigenvalue weighted by Crippen LogP contribution is -2.40. The summed E-state index contributed by atoms with van der Waals surface area (Å²) in [5.41, 5.74) is 2.00. The van der Waals surface area contributed by atoms with Crippen LogP contribution in [-0.2, 0) is 35.5 Å². The summed E-state index contributed by atoms with van der Waals surface area (Å²) in [6, 6.07) is -0.0279. The number of rotatable bonds is 4. The normalized spacial score (nSPS) is 19.2. The van der Waals surface area contributed by atoms with E-state index in [0.717, 1.165) is 55.1 Å². The summed E-state index contributed by atoms with van der Waals surface area (Å²) in [4.78, 5) is 42.2. The molecular formula is C21H28N6O2. The van der Waals surface area contributed by atoms with Crippen LogP contribution in [0, 0.1) is 0 Å². The highest BCUT2D eigenvalue weighted by Crippen LogP contribution is 2.30. The molecule has 2 aliphatic heterocycles. The fourth-order valence-electron chi connectivity index (χ4n) is 4.33. The average molecular weight is 396 g/mol. The SMILES string of the molecule is CCc1nccn1CC(=O)N1CCc2nc(C3CCCCN3C(C)=O)ncc2C1. The zero-order valence-electron chi connectivity index (χ0n) is 17.2. The Morgan fingerprint density at radius 3 is 2.86 bits per heavy atom. The topological polar surface area (TPSA) is 84.2 Å². The molecule has 8 heteroatoms. The molecule has 2 amide bonds. The van der Waals surface area contributed by atoms with E-state index in [0.29, 0.717) is 26.1 Å². The van der Waals surface area contributed by atoms with Gasteiger partial charge in [-0.1, -0.05) is 6.92 Å². The molecule has 0 radical (unpaired) electrons. The van der Waals surface area contributed by atoms with Crippen LogP contribution >= 0.6 is 0 Å². The third-order valence-corrected chi connectivity index (χ3v) is 5.93. The Hall–Kier alpha value is -2.77. The van der Waals surface area contributed by atoms with E-state index in [1.807, 2.05) is 33.7 Å². The molecule has 1 saturated heterocycles. The van der Waals surface area contributed by atoms with Gasteiger partial charge in [-0.05, 0) is 19.3 Å². The van der Waals surface area contributed by atoms with Gasteiger partial charge in [0.2, 0.25) is 11.8 Å². The first-order valence-corrected chi connectivity index (χ1v) is 10.5. The van der Waals surface area contributed by atoms with Gasteiger partial charge in [0.25, 0.3) is 0 Å².